The molecule has 102 valence electrons. The quantitative estimate of drug-likeness (QED) is 0.404. The molecule has 0 aliphatic rings. The van der Waals surface area contributed by atoms with Crippen LogP contribution in [0.3, 0.4) is 0 Å². The van der Waals surface area contributed by atoms with Crippen LogP contribution in [0.1, 0.15) is 10.4 Å². The van der Waals surface area contributed by atoms with Crippen molar-refractivity contribution in [1.82, 2.24) is 0 Å². The predicted octanol–water partition coefficient (Wildman–Crippen LogP) is 2.88. The van der Waals surface area contributed by atoms with Gasteiger partial charge in [-0.05, 0) is 36.4 Å². The van der Waals surface area contributed by atoms with Crippen LogP contribution in [-0.4, -0.2) is 10.8 Å². The van der Waals surface area contributed by atoms with Crippen molar-refractivity contribution >= 4 is 33.2 Å². The van der Waals surface area contributed by atoms with Gasteiger partial charge in [-0.15, -0.1) is 0 Å². The van der Waals surface area contributed by atoms with Crippen LogP contribution < -0.4 is 10.9 Å². The lowest BCUT2D eigenvalue weighted by Gasteiger charge is -2.16. The van der Waals surface area contributed by atoms with E-state index in [1.54, 1.807) is 24.3 Å². The number of amides is 1. The zero-order chi connectivity index (χ0) is 14.7. The summed E-state index contributed by atoms with van der Waals surface area (Å²) < 4.78 is 0.873. The smallest absolute Gasteiger partial charge is 0.267 e. The number of hydrogen-bond acceptors (Lipinski definition) is 4. The first kappa shape index (κ1) is 14.2. The summed E-state index contributed by atoms with van der Waals surface area (Å²) in [7, 11) is 0. The molecule has 0 bridgehead atoms. The number of anilines is 1. The Balaban J connectivity index is 2.22. The Morgan fingerprint density at radius 1 is 1.10 bits per heavy atom. The summed E-state index contributed by atoms with van der Waals surface area (Å²) in [6.07, 6.45) is 0. The van der Waals surface area contributed by atoms with Crippen molar-refractivity contribution in [2.45, 2.75) is 0 Å². The van der Waals surface area contributed by atoms with Crippen LogP contribution >= 0.6 is 15.9 Å². The standard InChI is InChI=1S/C13H10BrN3O3/c14-10-3-7-11(8-4-10)16(15)13(18)9-1-5-12(6-2-9)17(19)20/h1-8H,15H2. The third-order valence-electron chi connectivity index (χ3n) is 2.65. The van der Waals surface area contributed by atoms with Crippen LogP contribution in [-0.2, 0) is 0 Å². The molecule has 0 atom stereocenters. The van der Waals surface area contributed by atoms with E-state index in [-0.39, 0.29) is 11.3 Å². The van der Waals surface area contributed by atoms with Gasteiger partial charge in [0.25, 0.3) is 11.6 Å². The molecule has 0 fully saturated rings. The molecule has 0 saturated carbocycles. The minimum absolute atomic E-state index is 0.0752. The highest BCUT2D eigenvalue weighted by atomic mass is 79.9. The monoisotopic (exact) mass is 335 g/mol. The molecular formula is C13H10BrN3O3. The zero-order valence-corrected chi connectivity index (χ0v) is 11.8. The van der Waals surface area contributed by atoms with E-state index in [0.29, 0.717) is 5.69 Å². The van der Waals surface area contributed by atoms with Gasteiger partial charge in [-0.25, -0.2) is 10.9 Å². The van der Waals surface area contributed by atoms with E-state index in [1.165, 1.54) is 24.3 Å². The van der Waals surface area contributed by atoms with Crippen LogP contribution in [0.15, 0.2) is 53.0 Å². The summed E-state index contributed by atoms with van der Waals surface area (Å²) in [5.41, 5.74) is 0.728. The number of non-ortho nitro benzene ring substituents is 1. The van der Waals surface area contributed by atoms with Gasteiger partial charge in [0.2, 0.25) is 0 Å². The lowest BCUT2D eigenvalue weighted by atomic mass is 10.2. The molecule has 2 aromatic rings. The third-order valence-corrected chi connectivity index (χ3v) is 3.18. The van der Waals surface area contributed by atoms with Crippen molar-refractivity contribution in [1.29, 1.82) is 0 Å². The van der Waals surface area contributed by atoms with Gasteiger partial charge in [-0.3, -0.25) is 14.9 Å². The van der Waals surface area contributed by atoms with E-state index in [1.807, 2.05) is 0 Å². The van der Waals surface area contributed by atoms with E-state index < -0.39 is 10.8 Å². The van der Waals surface area contributed by atoms with Gasteiger partial charge in [-0.2, -0.15) is 0 Å². The number of carbonyl (C=O) groups excluding carboxylic acids is 1. The lowest BCUT2D eigenvalue weighted by Crippen LogP contribution is -2.37. The Morgan fingerprint density at radius 3 is 2.15 bits per heavy atom. The summed E-state index contributed by atoms with van der Waals surface area (Å²) >= 11 is 3.29. The second-order valence-electron chi connectivity index (χ2n) is 3.96. The van der Waals surface area contributed by atoms with Crippen molar-refractivity contribution in [2.75, 3.05) is 5.01 Å². The molecule has 0 heterocycles. The van der Waals surface area contributed by atoms with Gasteiger partial charge in [-0.1, -0.05) is 15.9 Å². The molecule has 6 nitrogen and oxygen atoms in total. The SMILES string of the molecule is NN(C(=O)c1ccc([N+](=O)[O-])cc1)c1ccc(Br)cc1. The highest BCUT2D eigenvalue weighted by Gasteiger charge is 2.15. The topological polar surface area (TPSA) is 89.5 Å². The van der Waals surface area contributed by atoms with Crippen molar-refractivity contribution < 1.29 is 9.72 Å². The number of carbonyl (C=O) groups is 1. The molecular weight excluding hydrogens is 326 g/mol. The first-order chi connectivity index (χ1) is 9.49. The highest BCUT2D eigenvalue weighted by Crippen LogP contribution is 2.19. The number of nitro benzene ring substituents is 1. The van der Waals surface area contributed by atoms with Gasteiger partial charge >= 0.3 is 0 Å². The van der Waals surface area contributed by atoms with Crippen molar-refractivity contribution in [3.63, 3.8) is 0 Å². The summed E-state index contributed by atoms with van der Waals surface area (Å²) in [5.74, 6) is 5.31. The first-order valence-corrected chi connectivity index (χ1v) is 6.37. The van der Waals surface area contributed by atoms with E-state index >= 15 is 0 Å². The minimum Gasteiger partial charge on any atom is -0.267 e. The molecule has 7 heteroatoms. The number of rotatable bonds is 3. The summed E-state index contributed by atoms with van der Waals surface area (Å²) in [6, 6.07) is 12.2. The van der Waals surface area contributed by atoms with Crippen LogP contribution in [0.4, 0.5) is 11.4 Å². The Labute approximate surface area is 123 Å². The molecule has 1 amide bonds. The van der Waals surface area contributed by atoms with E-state index in [4.69, 9.17) is 5.84 Å². The van der Waals surface area contributed by atoms with Crippen molar-refractivity contribution in [2.24, 2.45) is 5.84 Å². The lowest BCUT2D eigenvalue weighted by molar-refractivity contribution is -0.384. The number of nitrogens with zero attached hydrogens (tertiary/aromatic N) is 2. The summed E-state index contributed by atoms with van der Waals surface area (Å²) in [5, 5.41) is 11.5. The molecule has 20 heavy (non-hydrogen) atoms. The summed E-state index contributed by atoms with van der Waals surface area (Å²) in [6.45, 7) is 0. The first-order valence-electron chi connectivity index (χ1n) is 5.58. The third kappa shape index (κ3) is 3.01. The van der Waals surface area contributed by atoms with Gasteiger partial charge in [0.05, 0.1) is 10.6 Å². The molecule has 0 aliphatic carbocycles. The van der Waals surface area contributed by atoms with Crippen LogP contribution in [0.5, 0.6) is 0 Å². The molecule has 0 aliphatic heterocycles. The fourth-order valence-electron chi connectivity index (χ4n) is 1.58. The molecule has 0 unspecified atom stereocenters. The Morgan fingerprint density at radius 2 is 1.65 bits per heavy atom. The number of hydrogen-bond donors (Lipinski definition) is 1. The average Bonchev–Trinajstić information content (AvgIpc) is 2.46. The normalized spacial score (nSPS) is 10.1. The number of hydrazine groups is 1. The number of nitro groups is 1. The average molecular weight is 336 g/mol. The van der Waals surface area contributed by atoms with Gasteiger partial charge in [0.15, 0.2) is 0 Å². The maximum absolute atomic E-state index is 12.1. The molecule has 0 spiro atoms. The zero-order valence-electron chi connectivity index (χ0n) is 10.2. The fraction of sp³-hybridized carbons (Fsp3) is 0. The largest absolute Gasteiger partial charge is 0.272 e. The van der Waals surface area contributed by atoms with Crippen LogP contribution in [0, 0.1) is 10.1 Å². The fourth-order valence-corrected chi connectivity index (χ4v) is 1.85. The Bertz CT molecular complexity index is 641. The van der Waals surface area contributed by atoms with Crippen LogP contribution in [0.25, 0.3) is 0 Å². The Hall–Kier alpha value is -2.25. The number of halogens is 1. The predicted molar refractivity (Wildman–Crippen MR) is 78.2 cm³/mol. The second-order valence-corrected chi connectivity index (χ2v) is 4.87. The van der Waals surface area contributed by atoms with E-state index in [9.17, 15) is 14.9 Å². The molecule has 0 saturated heterocycles. The minimum atomic E-state index is -0.525. The molecule has 2 aromatic carbocycles. The molecule has 0 aromatic heterocycles. The van der Waals surface area contributed by atoms with E-state index in [0.717, 1.165) is 9.48 Å². The van der Waals surface area contributed by atoms with E-state index in [2.05, 4.69) is 15.9 Å². The van der Waals surface area contributed by atoms with Gasteiger partial charge in [0, 0.05) is 22.2 Å². The molecule has 0 radical (unpaired) electrons. The molecule has 2 N–H and O–H groups in total. The number of benzene rings is 2. The van der Waals surface area contributed by atoms with Gasteiger partial charge < -0.3 is 0 Å². The summed E-state index contributed by atoms with van der Waals surface area (Å²) in [4.78, 5) is 22.2. The van der Waals surface area contributed by atoms with Crippen LogP contribution in [0.2, 0.25) is 0 Å². The Kier molecular flexibility index (Phi) is 4.11. The second kappa shape index (κ2) is 5.81. The van der Waals surface area contributed by atoms with Crippen molar-refractivity contribution in [3.8, 4) is 0 Å². The number of nitrogens with two attached hydrogens (primary N) is 1. The molecule has 2 rings (SSSR count). The maximum Gasteiger partial charge on any atom is 0.272 e. The maximum atomic E-state index is 12.1. The highest BCUT2D eigenvalue weighted by molar-refractivity contribution is 9.10. The van der Waals surface area contributed by atoms with Crippen molar-refractivity contribution in [3.05, 3.63) is 68.7 Å². The van der Waals surface area contributed by atoms with Gasteiger partial charge in [0.1, 0.15) is 0 Å².